The van der Waals surface area contributed by atoms with Crippen LogP contribution in [0.25, 0.3) is 0 Å². The summed E-state index contributed by atoms with van der Waals surface area (Å²) in [5.41, 5.74) is -0.151. The van der Waals surface area contributed by atoms with Crippen LogP contribution in [0.15, 0.2) is 12.1 Å². The second-order valence-corrected chi connectivity index (χ2v) is 2.99. The highest BCUT2D eigenvalue weighted by molar-refractivity contribution is 5.18. The van der Waals surface area contributed by atoms with E-state index in [0.717, 1.165) is 0 Å². The van der Waals surface area contributed by atoms with Crippen molar-refractivity contribution in [2.24, 2.45) is 0 Å². The maximum Gasteiger partial charge on any atom is 0.131 e. The average molecular weight is 204 g/mol. The molecule has 1 aromatic carbocycles. The molecule has 0 spiro atoms. The molecule has 0 saturated carbocycles. The number of benzene rings is 1. The fourth-order valence-electron chi connectivity index (χ4n) is 0.614. The maximum atomic E-state index is 12.4. The quantitative estimate of drug-likeness (QED) is 0.642. The van der Waals surface area contributed by atoms with Crippen molar-refractivity contribution < 1.29 is 13.2 Å². The minimum absolute atomic E-state index is 0.151. The maximum absolute atomic E-state index is 12.4. The molecule has 0 aromatic heterocycles. The highest BCUT2D eigenvalue weighted by Gasteiger charge is 2.05. The summed E-state index contributed by atoms with van der Waals surface area (Å²) in [6.07, 6.45) is 2.64. The van der Waals surface area contributed by atoms with Crippen molar-refractivity contribution in [2.75, 3.05) is 0 Å². The first-order valence-corrected chi connectivity index (χ1v) is 4.64. The van der Waals surface area contributed by atoms with Crippen molar-refractivity contribution in [3.8, 4) is 0 Å². The molecule has 0 saturated heterocycles. The highest BCUT2D eigenvalue weighted by atomic mass is 19.1. The molecule has 0 amide bonds. The average Bonchev–Trinajstić information content (AvgIpc) is 2.14. The molecule has 0 unspecified atom stereocenters. The zero-order valence-corrected chi connectivity index (χ0v) is 8.70. The van der Waals surface area contributed by atoms with Gasteiger partial charge in [0.1, 0.15) is 17.5 Å². The van der Waals surface area contributed by atoms with Crippen molar-refractivity contribution in [1.29, 1.82) is 0 Å². The molecule has 0 radical (unpaired) electrons. The van der Waals surface area contributed by atoms with E-state index in [-0.39, 0.29) is 5.56 Å². The Balaban J connectivity index is 0.000000364. The van der Waals surface area contributed by atoms with E-state index < -0.39 is 17.5 Å². The first kappa shape index (κ1) is 13.0. The van der Waals surface area contributed by atoms with Gasteiger partial charge in [0.15, 0.2) is 0 Å². The molecular weight excluding hydrogens is 189 g/mol. The zero-order chi connectivity index (χ0) is 11.1. The third-order valence-corrected chi connectivity index (χ3v) is 1.75. The lowest BCUT2D eigenvalue weighted by molar-refractivity contribution is 0.532. The summed E-state index contributed by atoms with van der Waals surface area (Å²) in [6, 6.07) is 1.30. The minimum atomic E-state index is -0.888. The van der Waals surface area contributed by atoms with E-state index in [0.29, 0.717) is 12.1 Å². The molecule has 0 aliphatic heterocycles. The van der Waals surface area contributed by atoms with E-state index in [1.807, 2.05) is 0 Å². The molecule has 0 aliphatic carbocycles. The Labute approximate surface area is 82.8 Å². The van der Waals surface area contributed by atoms with Crippen molar-refractivity contribution in [2.45, 2.75) is 33.6 Å². The lowest BCUT2D eigenvalue weighted by Crippen LogP contribution is -1.89. The Kier molecular flexibility index (Phi) is 6.00. The van der Waals surface area contributed by atoms with Gasteiger partial charge in [0.25, 0.3) is 0 Å². The molecular formula is C11H15F3. The van der Waals surface area contributed by atoms with Crippen molar-refractivity contribution >= 4 is 0 Å². The van der Waals surface area contributed by atoms with Crippen LogP contribution >= 0.6 is 0 Å². The van der Waals surface area contributed by atoms with E-state index in [4.69, 9.17) is 0 Å². The van der Waals surface area contributed by atoms with Crippen molar-refractivity contribution in [3.63, 3.8) is 0 Å². The molecule has 3 heteroatoms. The predicted octanol–water partition coefficient (Wildman–Crippen LogP) is 4.22. The van der Waals surface area contributed by atoms with Crippen LogP contribution in [0.5, 0.6) is 0 Å². The summed E-state index contributed by atoms with van der Waals surface area (Å²) in [4.78, 5) is 0. The SMILES string of the molecule is CCCC.Cc1c(F)cc(F)cc1F. The van der Waals surface area contributed by atoms with Gasteiger partial charge < -0.3 is 0 Å². The van der Waals surface area contributed by atoms with E-state index >= 15 is 0 Å². The van der Waals surface area contributed by atoms with E-state index in [2.05, 4.69) is 13.8 Å². The van der Waals surface area contributed by atoms with Gasteiger partial charge in [-0.2, -0.15) is 0 Å². The first-order valence-electron chi connectivity index (χ1n) is 4.64. The van der Waals surface area contributed by atoms with Crippen LogP contribution in [0.2, 0.25) is 0 Å². The first-order chi connectivity index (χ1) is 6.52. The minimum Gasteiger partial charge on any atom is -0.207 e. The number of hydrogen-bond acceptors (Lipinski definition) is 0. The number of hydrogen-bond donors (Lipinski definition) is 0. The van der Waals surface area contributed by atoms with Crippen LogP contribution in [0, 0.1) is 24.4 Å². The fraction of sp³-hybridized carbons (Fsp3) is 0.455. The fourth-order valence-corrected chi connectivity index (χ4v) is 0.614. The van der Waals surface area contributed by atoms with Gasteiger partial charge >= 0.3 is 0 Å². The zero-order valence-electron chi connectivity index (χ0n) is 8.70. The summed E-state index contributed by atoms with van der Waals surface area (Å²) in [7, 11) is 0. The lowest BCUT2D eigenvalue weighted by atomic mass is 10.2. The highest BCUT2D eigenvalue weighted by Crippen LogP contribution is 2.12. The van der Waals surface area contributed by atoms with Crippen LogP contribution < -0.4 is 0 Å². The molecule has 0 nitrogen and oxygen atoms in total. The van der Waals surface area contributed by atoms with Crippen molar-refractivity contribution in [3.05, 3.63) is 35.1 Å². The van der Waals surface area contributed by atoms with Gasteiger partial charge in [0.05, 0.1) is 0 Å². The summed E-state index contributed by atoms with van der Waals surface area (Å²) >= 11 is 0. The third kappa shape index (κ3) is 4.30. The second-order valence-electron chi connectivity index (χ2n) is 2.99. The molecule has 0 heterocycles. The Morgan fingerprint density at radius 2 is 1.29 bits per heavy atom. The molecule has 80 valence electrons. The number of halogens is 3. The monoisotopic (exact) mass is 204 g/mol. The van der Waals surface area contributed by atoms with E-state index in [1.165, 1.54) is 19.8 Å². The molecule has 1 rings (SSSR count). The lowest BCUT2D eigenvalue weighted by Gasteiger charge is -1.96. The van der Waals surface area contributed by atoms with Crippen molar-refractivity contribution in [1.82, 2.24) is 0 Å². The van der Waals surface area contributed by atoms with Gasteiger partial charge in [0.2, 0.25) is 0 Å². The molecule has 14 heavy (non-hydrogen) atoms. The molecule has 0 bridgehead atoms. The summed E-state index contributed by atoms with van der Waals surface area (Å²) in [5, 5.41) is 0. The van der Waals surface area contributed by atoms with Crippen LogP contribution in [-0.4, -0.2) is 0 Å². The van der Waals surface area contributed by atoms with E-state index in [1.54, 1.807) is 0 Å². The summed E-state index contributed by atoms with van der Waals surface area (Å²) in [6.45, 7) is 5.62. The Morgan fingerprint density at radius 3 is 1.57 bits per heavy atom. The van der Waals surface area contributed by atoms with Gasteiger partial charge in [-0.05, 0) is 6.92 Å². The number of unbranched alkanes of at least 4 members (excludes halogenated alkanes) is 1. The third-order valence-electron chi connectivity index (χ3n) is 1.75. The standard InChI is InChI=1S/C7H5F3.C4H10/c1-4-6(9)2-5(8)3-7(4)10;1-3-4-2/h2-3H,1H3;3-4H2,1-2H3. The summed E-state index contributed by atoms with van der Waals surface area (Å²) < 4.78 is 36.8. The molecule has 0 fully saturated rings. The smallest absolute Gasteiger partial charge is 0.131 e. The Bertz CT molecular complexity index is 257. The van der Waals surface area contributed by atoms with Crippen LogP contribution in [-0.2, 0) is 0 Å². The van der Waals surface area contributed by atoms with Crippen LogP contribution in [0.1, 0.15) is 32.3 Å². The molecule has 0 aliphatic rings. The Hall–Kier alpha value is -0.990. The van der Waals surface area contributed by atoms with Crippen LogP contribution in [0.4, 0.5) is 13.2 Å². The molecule has 1 aromatic rings. The van der Waals surface area contributed by atoms with Gasteiger partial charge in [-0.25, -0.2) is 13.2 Å². The van der Waals surface area contributed by atoms with Gasteiger partial charge in [-0.15, -0.1) is 0 Å². The van der Waals surface area contributed by atoms with E-state index in [9.17, 15) is 13.2 Å². The van der Waals surface area contributed by atoms with Gasteiger partial charge in [-0.1, -0.05) is 26.7 Å². The second kappa shape index (κ2) is 6.46. The summed E-state index contributed by atoms with van der Waals surface area (Å²) in [5.74, 6) is -2.59. The van der Waals surface area contributed by atoms with Crippen LogP contribution in [0.3, 0.4) is 0 Å². The van der Waals surface area contributed by atoms with Gasteiger partial charge in [-0.3, -0.25) is 0 Å². The topological polar surface area (TPSA) is 0 Å². The largest absolute Gasteiger partial charge is 0.207 e. The Morgan fingerprint density at radius 1 is 0.929 bits per heavy atom. The predicted molar refractivity (Wildman–Crippen MR) is 51.6 cm³/mol. The number of rotatable bonds is 1. The molecule has 0 atom stereocenters. The molecule has 0 N–H and O–H groups in total. The van der Waals surface area contributed by atoms with Gasteiger partial charge in [0, 0.05) is 17.7 Å². The normalized spacial score (nSPS) is 9.29.